The second-order valence-corrected chi connectivity index (χ2v) is 7.62. The average Bonchev–Trinajstić information content (AvgIpc) is 3.59. The highest BCUT2D eigenvalue weighted by Gasteiger charge is 2.38. The number of carbonyl (C=O) groups is 1. The van der Waals surface area contributed by atoms with Gasteiger partial charge in [-0.3, -0.25) is 14.5 Å². The average molecular weight is 374 g/mol. The van der Waals surface area contributed by atoms with Crippen LogP contribution in [0.25, 0.3) is 11.0 Å². The van der Waals surface area contributed by atoms with Crippen molar-refractivity contribution in [2.45, 2.75) is 24.9 Å². The predicted octanol–water partition coefficient (Wildman–Crippen LogP) is 3.45. The van der Waals surface area contributed by atoms with E-state index in [1.54, 1.807) is 24.3 Å². The lowest BCUT2D eigenvalue weighted by molar-refractivity contribution is 0.0405. The van der Waals surface area contributed by atoms with E-state index >= 15 is 0 Å². The largest absolute Gasteiger partial charge is 0.451 e. The summed E-state index contributed by atoms with van der Waals surface area (Å²) in [6.45, 7) is 2.31. The maximum Gasteiger partial charge on any atom is 0.290 e. The number of carbonyl (C=O) groups excluding carboxylic acids is 1. The van der Waals surface area contributed by atoms with Gasteiger partial charge in [-0.1, -0.05) is 42.5 Å². The minimum absolute atomic E-state index is 0.0418. The molecule has 1 aliphatic carbocycles. The van der Waals surface area contributed by atoms with Crippen molar-refractivity contribution in [2.75, 3.05) is 19.6 Å². The molecule has 1 amide bonds. The summed E-state index contributed by atoms with van der Waals surface area (Å²) in [6.07, 6.45) is 2.49. The zero-order valence-electron chi connectivity index (χ0n) is 15.6. The minimum atomic E-state index is -0.216. The smallest absolute Gasteiger partial charge is 0.290 e. The first-order valence-electron chi connectivity index (χ1n) is 9.83. The van der Waals surface area contributed by atoms with E-state index in [9.17, 15) is 9.59 Å². The van der Waals surface area contributed by atoms with E-state index in [-0.39, 0.29) is 23.1 Å². The molecular weight excluding hydrogens is 352 g/mol. The first-order valence-corrected chi connectivity index (χ1v) is 9.83. The fraction of sp³-hybridized carbons (Fsp3) is 0.304. The van der Waals surface area contributed by atoms with Crippen LogP contribution < -0.4 is 5.43 Å². The first kappa shape index (κ1) is 17.2. The molecule has 2 aromatic carbocycles. The molecule has 0 spiro atoms. The van der Waals surface area contributed by atoms with Gasteiger partial charge in [0.15, 0.2) is 11.2 Å². The molecule has 1 saturated carbocycles. The van der Waals surface area contributed by atoms with Crippen molar-refractivity contribution in [3.63, 3.8) is 0 Å². The summed E-state index contributed by atoms with van der Waals surface area (Å²) >= 11 is 0. The number of benzene rings is 2. The Bertz CT molecular complexity index is 1070. The summed E-state index contributed by atoms with van der Waals surface area (Å²) in [4.78, 5) is 30.1. The highest BCUT2D eigenvalue weighted by atomic mass is 16.3. The molecule has 2 aliphatic rings. The fourth-order valence-electron chi connectivity index (χ4n) is 4.13. The molecule has 1 aromatic heterocycles. The molecule has 1 atom stereocenters. The second-order valence-electron chi connectivity index (χ2n) is 7.62. The van der Waals surface area contributed by atoms with Gasteiger partial charge in [-0.2, -0.15) is 0 Å². The van der Waals surface area contributed by atoms with Crippen molar-refractivity contribution in [1.82, 2.24) is 9.80 Å². The third-order valence-electron chi connectivity index (χ3n) is 5.77. The molecule has 5 nitrogen and oxygen atoms in total. The lowest BCUT2D eigenvalue weighted by Gasteiger charge is -2.41. The number of hydrogen-bond acceptors (Lipinski definition) is 4. The number of nitrogens with zero attached hydrogens (tertiary/aromatic N) is 2. The summed E-state index contributed by atoms with van der Waals surface area (Å²) in [5, 5.41) is 0.497. The summed E-state index contributed by atoms with van der Waals surface area (Å²) in [7, 11) is 0. The molecule has 1 saturated heterocycles. The number of fused-ring (bicyclic) bond motifs is 1. The van der Waals surface area contributed by atoms with Gasteiger partial charge in [0.25, 0.3) is 5.91 Å². The van der Waals surface area contributed by atoms with Crippen molar-refractivity contribution >= 4 is 16.9 Å². The molecule has 0 radical (unpaired) electrons. The molecule has 2 fully saturated rings. The minimum Gasteiger partial charge on any atom is -0.451 e. The van der Waals surface area contributed by atoms with Crippen LogP contribution in [0, 0.1) is 0 Å². The van der Waals surface area contributed by atoms with Gasteiger partial charge in [-0.15, -0.1) is 0 Å². The summed E-state index contributed by atoms with van der Waals surface area (Å²) < 4.78 is 5.82. The Morgan fingerprint density at radius 3 is 2.50 bits per heavy atom. The molecule has 1 unspecified atom stereocenters. The number of para-hydroxylation sites is 1. The van der Waals surface area contributed by atoms with Gasteiger partial charge in [0.2, 0.25) is 0 Å². The van der Waals surface area contributed by atoms with Crippen molar-refractivity contribution < 1.29 is 9.21 Å². The van der Waals surface area contributed by atoms with E-state index in [4.69, 9.17) is 4.42 Å². The standard InChI is InChI=1S/C23H22N2O3/c26-20-14-22(28-21-9-5-4-8-18(20)21)23(27)25-13-12-24(17-10-11-17)15-19(25)16-6-2-1-3-7-16/h1-9,14,17,19H,10-13,15H2. The number of piperazine rings is 1. The Morgan fingerprint density at radius 1 is 0.964 bits per heavy atom. The topological polar surface area (TPSA) is 53.8 Å². The highest BCUT2D eigenvalue weighted by molar-refractivity contribution is 5.93. The predicted molar refractivity (Wildman–Crippen MR) is 107 cm³/mol. The van der Waals surface area contributed by atoms with Gasteiger partial charge in [-0.05, 0) is 30.5 Å². The Hall–Kier alpha value is -2.92. The number of amides is 1. The summed E-state index contributed by atoms with van der Waals surface area (Å²) in [5.41, 5.74) is 1.38. The lowest BCUT2D eigenvalue weighted by atomic mass is 10.0. The van der Waals surface area contributed by atoms with Crippen LogP contribution in [0.1, 0.15) is 35.0 Å². The van der Waals surface area contributed by atoms with Crippen LogP contribution in [-0.2, 0) is 0 Å². The van der Waals surface area contributed by atoms with Crippen molar-refractivity contribution in [1.29, 1.82) is 0 Å². The van der Waals surface area contributed by atoms with Crippen LogP contribution in [-0.4, -0.2) is 41.4 Å². The van der Waals surface area contributed by atoms with E-state index < -0.39 is 0 Å². The molecular formula is C23H22N2O3. The van der Waals surface area contributed by atoms with Crippen LogP contribution in [0.2, 0.25) is 0 Å². The molecule has 0 bridgehead atoms. The lowest BCUT2D eigenvalue weighted by Crippen LogP contribution is -2.51. The Labute approximate surface area is 163 Å². The van der Waals surface area contributed by atoms with Gasteiger partial charge in [0.1, 0.15) is 5.58 Å². The maximum absolute atomic E-state index is 13.3. The van der Waals surface area contributed by atoms with Crippen LogP contribution in [0.4, 0.5) is 0 Å². The van der Waals surface area contributed by atoms with Crippen molar-refractivity contribution in [3.05, 3.63) is 82.2 Å². The van der Waals surface area contributed by atoms with E-state index in [0.29, 0.717) is 23.6 Å². The molecule has 2 heterocycles. The van der Waals surface area contributed by atoms with E-state index in [2.05, 4.69) is 17.0 Å². The molecule has 142 valence electrons. The number of hydrogen-bond donors (Lipinski definition) is 0. The normalized spacial score (nSPS) is 20.4. The molecule has 5 rings (SSSR count). The quantitative estimate of drug-likeness (QED) is 0.705. The third kappa shape index (κ3) is 3.12. The van der Waals surface area contributed by atoms with Gasteiger partial charge < -0.3 is 9.32 Å². The summed E-state index contributed by atoms with van der Waals surface area (Å²) in [6, 6.07) is 19.1. The van der Waals surface area contributed by atoms with E-state index in [1.165, 1.54) is 18.9 Å². The molecule has 3 aromatic rings. The Kier molecular flexibility index (Phi) is 4.24. The summed E-state index contributed by atoms with van der Waals surface area (Å²) in [5.74, 6) is -0.100. The number of rotatable bonds is 3. The SMILES string of the molecule is O=C(c1cc(=O)c2ccccc2o1)N1CCN(C2CC2)CC1c1ccccc1. The van der Waals surface area contributed by atoms with Crippen molar-refractivity contribution in [2.24, 2.45) is 0 Å². The van der Waals surface area contributed by atoms with Crippen LogP contribution in [0.5, 0.6) is 0 Å². The van der Waals surface area contributed by atoms with E-state index in [0.717, 1.165) is 18.7 Å². The molecule has 0 N–H and O–H groups in total. The Balaban J connectivity index is 1.51. The van der Waals surface area contributed by atoms with Crippen LogP contribution in [0.3, 0.4) is 0 Å². The third-order valence-corrected chi connectivity index (χ3v) is 5.77. The highest BCUT2D eigenvalue weighted by Crippen LogP contribution is 2.34. The van der Waals surface area contributed by atoms with E-state index in [1.807, 2.05) is 23.1 Å². The molecule has 5 heteroatoms. The van der Waals surface area contributed by atoms with Gasteiger partial charge >= 0.3 is 0 Å². The Morgan fingerprint density at radius 2 is 1.71 bits per heavy atom. The van der Waals surface area contributed by atoms with Crippen LogP contribution >= 0.6 is 0 Å². The fourth-order valence-corrected chi connectivity index (χ4v) is 4.13. The zero-order valence-corrected chi connectivity index (χ0v) is 15.6. The van der Waals surface area contributed by atoms with Gasteiger partial charge in [-0.25, -0.2) is 0 Å². The maximum atomic E-state index is 13.3. The first-order chi connectivity index (χ1) is 13.7. The second kappa shape index (κ2) is 6.91. The van der Waals surface area contributed by atoms with Crippen molar-refractivity contribution in [3.8, 4) is 0 Å². The van der Waals surface area contributed by atoms with Crippen LogP contribution in [0.15, 0.2) is 69.9 Å². The zero-order chi connectivity index (χ0) is 19.1. The van der Waals surface area contributed by atoms with Gasteiger partial charge in [0.05, 0.1) is 11.4 Å². The van der Waals surface area contributed by atoms with Gasteiger partial charge in [0, 0.05) is 31.7 Å². The monoisotopic (exact) mass is 374 g/mol. The molecule has 28 heavy (non-hydrogen) atoms. The molecule has 1 aliphatic heterocycles.